The minimum Gasteiger partial charge on any atom is -0.444 e. The molecule has 1 heterocycles. The van der Waals surface area contributed by atoms with Gasteiger partial charge < -0.3 is 9.84 Å². The summed E-state index contributed by atoms with van der Waals surface area (Å²) in [5, 5.41) is 8.81. The Kier molecular flexibility index (Phi) is 3.46. The van der Waals surface area contributed by atoms with Crippen LogP contribution in [0.25, 0.3) is 0 Å². The zero-order valence-corrected chi connectivity index (χ0v) is 10.2. The molecule has 1 amide bonds. The van der Waals surface area contributed by atoms with Crippen molar-refractivity contribution in [2.45, 2.75) is 12.5 Å². The maximum absolute atomic E-state index is 11.6. The van der Waals surface area contributed by atoms with Crippen molar-refractivity contribution < 1.29 is 14.6 Å². The molecular formula is C11H12BrNO3. The van der Waals surface area contributed by atoms with Gasteiger partial charge in [-0.05, 0) is 28.1 Å². The number of aliphatic hydroxyl groups is 1. The van der Waals surface area contributed by atoms with Crippen molar-refractivity contribution >= 4 is 27.7 Å². The molecule has 1 aromatic carbocycles. The van der Waals surface area contributed by atoms with Crippen LogP contribution in [0.1, 0.15) is 6.42 Å². The highest BCUT2D eigenvalue weighted by Crippen LogP contribution is 2.29. The van der Waals surface area contributed by atoms with Crippen LogP contribution in [-0.4, -0.2) is 30.5 Å². The first-order chi connectivity index (χ1) is 7.72. The number of rotatable bonds is 3. The molecule has 1 saturated heterocycles. The Balaban J connectivity index is 2.17. The first-order valence-corrected chi connectivity index (χ1v) is 5.85. The van der Waals surface area contributed by atoms with E-state index in [4.69, 9.17) is 9.84 Å². The van der Waals surface area contributed by atoms with Gasteiger partial charge in [-0.3, -0.25) is 4.90 Å². The van der Waals surface area contributed by atoms with Crippen LogP contribution in [-0.2, 0) is 4.74 Å². The van der Waals surface area contributed by atoms with Gasteiger partial charge in [-0.2, -0.15) is 0 Å². The fourth-order valence-corrected chi connectivity index (χ4v) is 2.18. The van der Waals surface area contributed by atoms with Crippen molar-refractivity contribution in [3.8, 4) is 0 Å². The first kappa shape index (κ1) is 11.4. The third kappa shape index (κ3) is 2.20. The summed E-state index contributed by atoms with van der Waals surface area (Å²) in [7, 11) is 0. The highest BCUT2D eigenvalue weighted by atomic mass is 79.9. The van der Waals surface area contributed by atoms with Crippen molar-refractivity contribution in [2.24, 2.45) is 0 Å². The standard InChI is InChI=1S/C11H12BrNO3/c12-9-3-1-2-4-10(9)13-7-8(5-6-14)16-11(13)15/h1-4,8,14H,5-7H2. The van der Waals surface area contributed by atoms with Gasteiger partial charge in [0.2, 0.25) is 0 Å². The summed E-state index contributed by atoms with van der Waals surface area (Å²) < 4.78 is 5.99. The number of carbonyl (C=O) groups is 1. The van der Waals surface area contributed by atoms with Crippen LogP contribution in [0.2, 0.25) is 0 Å². The van der Waals surface area contributed by atoms with Crippen LogP contribution < -0.4 is 4.90 Å². The van der Waals surface area contributed by atoms with Crippen molar-refractivity contribution in [3.63, 3.8) is 0 Å². The van der Waals surface area contributed by atoms with E-state index in [1.807, 2.05) is 24.3 Å². The summed E-state index contributed by atoms with van der Waals surface area (Å²) in [5.41, 5.74) is 0.799. The molecule has 16 heavy (non-hydrogen) atoms. The lowest BCUT2D eigenvalue weighted by Crippen LogP contribution is -2.25. The smallest absolute Gasteiger partial charge is 0.414 e. The Labute approximate surface area is 102 Å². The molecule has 0 aliphatic carbocycles. The number of cyclic esters (lactones) is 1. The number of anilines is 1. The third-order valence-electron chi connectivity index (χ3n) is 2.47. The Bertz CT molecular complexity index is 397. The second-order valence-corrected chi connectivity index (χ2v) is 4.43. The van der Waals surface area contributed by atoms with Crippen LogP contribution in [0.15, 0.2) is 28.7 Å². The average Bonchev–Trinajstić information content (AvgIpc) is 2.61. The zero-order chi connectivity index (χ0) is 11.5. The molecule has 0 radical (unpaired) electrons. The summed E-state index contributed by atoms with van der Waals surface area (Å²) in [6.45, 7) is 0.518. The average molecular weight is 286 g/mol. The van der Waals surface area contributed by atoms with E-state index in [1.54, 1.807) is 4.90 Å². The fourth-order valence-electron chi connectivity index (χ4n) is 1.68. The molecule has 4 nitrogen and oxygen atoms in total. The number of carbonyl (C=O) groups excluding carboxylic acids is 1. The van der Waals surface area contributed by atoms with Crippen LogP contribution in [0.5, 0.6) is 0 Å². The van der Waals surface area contributed by atoms with Gasteiger partial charge in [0, 0.05) is 17.5 Å². The van der Waals surface area contributed by atoms with Crippen LogP contribution >= 0.6 is 15.9 Å². The Morgan fingerprint density at radius 3 is 2.94 bits per heavy atom. The summed E-state index contributed by atoms with van der Waals surface area (Å²) in [4.78, 5) is 13.2. The monoisotopic (exact) mass is 285 g/mol. The Morgan fingerprint density at radius 2 is 2.25 bits per heavy atom. The molecule has 1 fully saturated rings. The number of para-hydroxylation sites is 1. The van der Waals surface area contributed by atoms with E-state index < -0.39 is 0 Å². The van der Waals surface area contributed by atoms with Crippen LogP contribution in [0.3, 0.4) is 0 Å². The van der Waals surface area contributed by atoms with Gasteiger partial charge in [0.15, 0.2) is 0 Å². The molecule has 1 aromatic rings. The predicted molar refractivity (Wildman–Crippen MR) is 63.5 cm³/mol. The number of benzene rings is 1. The van der Waals surface area contributed by atoms with Gasteiger partial charge in [0.1, 0.15) is 6.10 Å². The summed E-state index contributed by atoms with van der Waals surface area (Å²) in [6, 6.07) is 7.49. The van der Waals surface area contributed by atoms with Crippen LogP contribution in [0, 0.1) is 0 Å². The number of hydrogen-bond donors (Lipinski definition) is 1. The van der Waals surface area contributed by atoms with Gasteiger partial charge in [-0.15, -0.1) is 0 Å². The molecule has 1 aliphatic rings. The lowest BCUT2D eigenvalue weighted by molar-refractivity contribution is 0.122. The number of ether oxygens (including phenoxy) is 1. The van der Waals surface area contributed by atoms with Crippen molar-refractivity contribution in [1.82, 2.24) is 0 Å². The molecule has 1 unspecified atom stereocenters. The van der Waals surface area contributed by atoms with E-state index in [0.29, 0.717) is 13.0 Å². The number of nitrogens with zero attached hydrogens (tertiary/aromatic N) is 1. The van der Waals surface area contributed by atoms with E-state index in [9.17, 15) is 4.79 Å². The van der Waals surface area contributed by atoms with Gasteiger partial charge >= 0.3 is 6.09 Å². The molecule has 86 valence electrons. The molecular weight excluding hydrogens is 274 g/mol. The number of halogens is 1. The summed E-state index contributed by atoms with van der Waals surface area (Å²) in [6.07, 6.45) is -0.0953. The van der Waals surface area contributed by atoms with Crippen molar-refractivity contribution in [3.05, 3.63) is 28.7 Å². The molecule has 0 bridgehead atoms. The lowest BCUT2D eigenvalue weighted by Gasteiger charge is -2.14. The molecule has 0 saturated carbocycles. The maximum atomic E-state index is 11.6. The van der Waals surface area contributed by atoms with Gasteiger partial charge in [-0.25, -0.2) is 4.79 Å². The summed E-state index contributed by atoms with van der Waals surface area (Å²) >= 11 is 3.39. The van der Waals surface area contributed by atoms with Crippen LogP contribution in [0.4, 0.5) is 10.5 Å². The molecule has 1 N–H and O–H groups in total. The van der Waals surface area contributed by atoms with E-state index in [2.05, 4.69) is 15.9 Å². The Morgan fingerprint density at radius 1 is 1.50 bits per heavy atom. The van der Waals surface area contributed by atoms with E-state index in [-0.39, 0.29) is 18.8 Å². The number of aliphatic hydroxyl groups excluding tert-OH is 1. The van der Waals surface area contributed by atoms with E-state index in [0.717, 1.165) is 10.2 Å². The van der Waals surface area contributed by atoms with Gasteiger partial charge in [-0.1, -0.05) is 12.1 Å². The highest BCUT2D eigenvalue weighted by Gasteiger charge is 2.32. The largest absolute Gasteiger partial charge is 0.444 e. The predicted octanol–water partition coefficient (Wildman–Crippen LogP) is 2.16. The minimum absolute atomic E-state index is 0.0295. The van der Waals surface area contributed by atoms with Gasteiger partial charge in [0.25, 0.3) is 0 Å². The third-order valence-corrected chi connectivity index (χ3v) is 3.14. The second-order valence-electron chi connectivity index (χ2n) is 3.58. The lowest BCUT2D eigenvalue weighted by atomic mass is 10.2. The second kappa shape index (κ2) is 4.84. The SMILES string of the molecule is O=C1OC(CCO)CN1c1ccccc1Br. The fraction of sp³-hybridized carbons (Fsp3) is 0.364. The topological polar surface area (TPSA) is 49.8 Å². The molecule has 0 spiro atoms. The first-order valence-electron chi connectivity index (χ1n) is 5.06. The minimum atomic E-state index is -0.356. The maximum Gasteiger partial charge on any atom is 0.414 e. The zero-order valence-electron chi connectivity index (χ0n) is 8.60. The van der Waals surface area contributed by atoms with Gasteiger partial charge in [0.05, 0.1) is 12.2 Å². The Hall–Kier alpha value is -1.07. The molecule has 2 rings (SSSR count). The van der Waals surface area contributed by atoms with E-state index in [1.165, 1.54) is 0 Å². The number of hydrogen-bond acceptors (Lipinski definition) is 3. The molecule has 1 atom stereocenters. The van der Waals surface area contributed by atoms with Crippen molar-refractivity contribution in [2.75, 3.05) is 18.1 Å². The van der Waals surface area contributed by atoms with E-state index >= 15 is 0 Å². The molecule has 1 aliphatic heterocycles. The molecule has 5 heteroatoms. The normalized spacial score (nSPS) is 20.0. The van der Waals surface area contributed by atoms with Crippen molar-refractivity contribution in [1.29, 1.82) is 0 Å². The molecule has 0 aromatic heterocycles. The number of amides is 1. The highest BCUT2D eigenvalue weighted by molar-refractivity contribution is 9.10. The quantitative estimate of drug-likeness (QED) is 0.926. The summed E-state index contributed by atoms with van der Waals surface area (Å²) in [5.74, 6) is 0.